The minimum Gasteiger partial charge on any atom is -0.710 e. The number of hydrogen-bond donors (Lipinski definition) is 1. The summed E-state index contributed by atoms with van der Waals surface area (Å²) in [6.07, 6.45) is 1.23. The van der Waals surface area contributed by atoms with Crippen molar-refractivity contribution < 1.29 is 4.73 Å². The lowest BCUT2D eigenvalue weighted by Gasteiger charge is -2.11. The summed E-state index contributed by atoms with van der Waals surface area (Å²) in [6, 6.07) is 12.3. The molecule has 0 radical (unpaired) electrons. The highest BCUT2D eigenvalue weighted by molar-refractivity contribution is 5.76. The van der Waals surface area contributed by atoms with Crippen molar-refractivity contribution in [3.63, 3.8) is 0 Å². The highest BCUT2D eigenvalue weighted by atomic mass is 16.5. The molecular formula is C14H15N5O. The van der Waals surface area contributed by atoms with Crippen molar-refractivity contribution in [1.82, 2.24) is 0 Å². The van der Waals surface area contributed by atoms with Gasteiger partial charge < -0.3 is 10.1 Å². The molecular weight excluding hydrogens is 254 g/mol. The van der Waals surface area contributed by atoms with Crippen molar-refractivity contribution in [2.45, 2.75) is 6.92 Å². The van der Waals surface area contributed by atoms with E-state index in [1.807, 2.05) is 12.1 Å². The van der Waals surface area contributed by atoms with Crippen molar-refractivity contribution in [3.8, 4) is 0 Å². The Bertz CT molecular complexity index is 637. The molecule has 6 nitrogen and oxygen atoms in total. The van der Waals surface area contributed by atoms with Crippen LogP contribution in [-0.4, -0.2) is 13.4 Å². The highest BCUT2D eigenvalue weighted by Gasteiger charge is 2.05. The Kier molecular flexibility index (Phi) is 4.05. The Balaban J connectivity index is 2.19. The minimum atomic E-state index is 0.255. The van der Waals surface area contributed by atoms with Crippen LogP contribution in [0.1, 0.15) is 5.69 Å². The third-order valence-electron chi connectivity index (χ3n) is 2.83. The maximum Gasteiger partial charge on any atom is 0.353 e. The molecule has 0 atom stereocenters. The first-order chi connectivity index (χ1) is 9.61. The number of aromatic nitrogens is 1. The number of nitrogens with one attached hydrogen (secondary N) is 1. The lowest BCUT2D eigenvalue weighted by Crippen LogP contribution is -2.29. The average molecular weight is 269 g/mol. The molecule has 1 N–H and O–H groups in total. The summed E-state index contributed by atoms with van der Waals surface area (Å²) in [7, 11) is 1.79. The molecule has 0 bridgehead atoms. The van der Waals surface area contributed by atoms with E-state index in [9.17, 15) is 5.21 Å². The standard InChI is InChI=1S/C14H15N5O/c1-11-4-3-5-14(19(11)20)17-16-12-6-8-13(9-7-12)18(2)10-15/h3-10,15H,1-2H3. The molecule has 0 aliphatic rings. The molecule has 0 aliphatic carbocycles. The van der Waals surface area contributed by atoms with Gasteiger partial charge in [-0.2, -0.15) is 0 Å². The predicted molar refractivity (Wildman–Crippen MR) is 77.9 cm³/mol. The van der Waals surface area contributed by atoms with E-state index in [0.29, 0.717) is 11.4 Å². The quantitative estimate of drug-likeness (QED) is 0.304. The molecule has 1 heterocycles. The third-order valence-corrected chi connectivity index (χ3v) is 2.83. The first kappa shape index (κ1) is 13.7. The normalized spacial score (nSPS) is 10.7. The summed E-state index contributed by atoms with van der Waals surface area (Å²) in [4.78, 5) is 1.67. The Morgan fingerprint density at radius 3 is 2.50 bits per heavy atom. The smallest absolute Gasteiger partial charge is 0.353 e. The number of nitrogens with zero attached hydrogens (tertiary/aromatic N) is 4. The maximum atomic E-state index is 11.7. The maximum absolute atomic E-state index is 11.7. The van der Waals surface area contributed by atoms with E-state index >= 15 is 0 Å². The van der Waals surface area contributed by atoms with E-state index in [2.05, 4.69) is 10.2 Å². The number of pyridine rings is 1. The molecule has 2 aromatic rings. The van der Waals surface area contributed by atoms with Crippen LogP contribution in [0.5, 0.6) is 0 Å². The fourth-order valence-corrected chi connectivity index (χ4v) is 1.60. The van der Waals surface area contributed by atoms with Crippen molar-refractivity contribution in [2.24, 2.45) is 10.2 Å². The van der Waals surface area contributed by atoms with Crippen molar-refractivity contribution in [2.75, 3.05) is 11.9 Å². The number of azo groups is 1. The van der Waals surface area contributed by atoms with E-state index in [1.165, 1.54) is 6.34 Å². The van der Waals surface area contributed by atoms with Gasteiger partial charge in [0, 0.05) is 18.8 Å². The van der Waals surface area contributed by atoms with Crippen LogP contribution in [0.2, 0.25) is 0 Å². The van der Waals surface area contributed by atoms with E-state index < -0.39 is 0 Å². The first-order valence-corrected chi connectivity index (χ1v) is 6.06. The van der Waals surface area contributed by atoms with E-state index in [0.717, 1.165) is 10.4 Å². The first-order valence-electron chi connectivity index (χ1n) is 6.06. The van der Waals surface area contributed by atoms with Gasteiger partial charge in [-0.1, -0.05) is 0 Å². The SMILES string of the molecule is Cc1cccc(N=Nc2ccc(N(C)C=N)cc2)[n+]1[O-]. The number of hydrogen-bond acceptors (Lipinski definition) is 4. The van der Waals surface area contributed by atoms with Crippen LogP contribution in [0.15, 0.2) is 52.7 Å². The second-order valence-electron chi connectivity index (χ2n) is 4.28. The zero-order valence-corrected chi connectivity index (χ0v) is 11.3. The second-order valence-corrected chi connectivity index (χ2v) is 4.28. The molecule has 0 spiro atoms. The van der Waals surface area contributed by atoms with Crippen LogP contribution in [0.25, 0.3) is 0 Å². The lowest BCUT2D eigenvalue weighted by molar-refractivity contribution is -0.598. The molecule has 0 fully saturated rings. The van der Waals surface area contributed by atoms with Gasteiger partial charge in [0.25, 0.3) is 0 Å². The van der Waals surface area contributed by atoms with Crippen LogP contribution in [0, 0.1) is 17.5 Å². The van der Waals surface area contributed by atoms with Gasteiger partial charge in [-0.05, 0) is 48.4 Å². The van der Waals surface area contributed by atoms with Crippen molar-refractivity contribution >= 4 is 23.5 Å². The molecule has 102 valence electrons. The minimum absolute atomic E-state index is 0.255. The fraction of sp³-hybridized carbons (Fsp3) is 0.143. The van der Waals surface area contributed by atoms with Gasteiger partial charge in [0.1, 0.15) is 11.4 Å². The number of anilines is 1. The van der Waals surface area contributed by atoms with E-state index in [1.54, 1.807) is 49.2 Å². The summed E-state index contributed by atoms with van der Waals surface area (Å²) < 4.78 is 0.737. The summed E-state index contributed by atoms with van der Waals surface area (Å²) in [5.74, 6) is 0.255. The molecule has 2 rings (SSSR count). The Hall–Kier alpha value is -2.76. The van der Waals surface area contributed by atoms with Crippen molar-refractivity contribution in [3.05, 3.63) is 53.4 Å². The molecule has 0 saturated heterocycles. The molecule has 20 heavy (non-hydrogen) atoms. The van der Waals surface area contributed by atoms with Crippen LogP contribution >= 0.6 is 0 Å². The van der Waals surface area contributed by atoms with E-state index in [-0.39, 0.29) is 5.82 Å². The van der Waals surface area contributed by atoms with Crippen molar-refractivity contribution in [1.29, 1.82) is 5.41 Å². The fourth-order valence-electron chi connectivity index (χ4n) is 1.60. The molecule has 1 aromatic heterocycles. The molecule has 0 unspecified atom stereocenters. The zero-order chi connectivity index (χ0) is 14.5. The summed E-state index contributed by atoms with van der Waals surface area (Å²) in [5, 5.41) is 26.8. The van der Waals surface area contributed by atoms with Gasteiger partial charge in [-0.25, -0.2) is 4.73 Å². The van der Waals surface area contributed by atoms with Crippen LogP contribution in [0.4, 0.5) is 17.2 Å². The van der Waals surface area contributed by atoms with Gasteiger partial charge >= 0.3 is 5.82 Å². The number of benzene rings is 1. The predicted octanol–water partition coefficient (Wildman–Crippen LogP) is 3.09. The average Bonchev–Trinajstić information content (AvgIpc) is 2.48. The topological polar surface area (TPSA) is 78.8 Å². The van der Waals surface area contributed by atoms with Gasteiger partial charge in [0.05, 0.1) is 11.5 Å². The van der Waals surface area contributed by atoms with Gasteiger partial charge in [-0.3, -0.25) is 5.41 Å². The van der Waals surface area contributed by atoms with Crippen LogP contribution in [-0.2, 0) is 0 Å². The summed E-state index contributed by atoms with van der Waals surface area (Å²) in [5.41, 5.74) is 2.10. The summed E-state index contributed by atoms with van der Waals surface area (Å²) >= 11 is 0. The monoisotopic (exact) mass is 269 g/mol. The molecule has 0 saturated carbocycles. The zero-order valence-electron chi connectivity index (χ0n) is 11.3. The number of aryl methyl sites for hydroxylation is 1. The van der Waals surface area contributed by atoms with Gasteiger partial charge in [-0.15, -0.1) is 0 Å². The third kappa shape index (κ3) is 2.97. The number of rotatable bonds is 4. The van der Waals surface area contributed by atoms with Gasteiger partial charge in [0.2, 0.25) is 0 Å². The van der Waals surface area contributed by atoms with Crippen LogP contribution < -0.4 is 9.63 Å². The van der Waals surface area contributed by atoms with Crippen LogP contribution in [0.3, 0.4) is 0 Å². The Morgan fingerprint density at radius 2 is 1.85 bits per heavy atom. The lowest BCUT2D eigenvalue weighted by atomic mass is 10.3. The Morgan fingerprint density at radius 1 is 1.15 bits per heavy atom. The van der Waals surface area contributed by atoms with Gasteiger partial charge in [0.15, 0.2) is 0 Å². The molecule has 6 heteroatoms. The molecule has 0 amide bonds. The largest absolute Gasteiger partial charge is 0.710 e. The highest BCUT2D eigenvalue weighted by Crippen LogP contribution is 2.20. The second kappa shape index (κ2) is 5.92. The molecule has 1 aromatic carbocycles. The summed E-state index contributed by atoms with van der Waals surface area (Å²) in [6.45, 7) is 1.72. The molecule has 0 aliphatic heterocycles. The van der Waals surface area contributed by atoms with E-state index in [4.69, 9.17) is 5.41 Å². The Labute approximate surface area is 117 Å².